The van der Waals surface area contributed by atoms with Gasteiger partial charge in [-0.25, -0.2) is 14.4 Å². The van der Waals surface area contributed by atoms with Crippen molar-refractivity contribution in [3.63, 3.8) is 0 Å². The number of hydrogen-bond donors (Lipinski definition) is 4. The highest BCUT2D eigenvalue weighted by Gasteiger charge is 2.49. The Morgan fingerprint density at radius 3 is 2.71 bits per heavy atom. The normalized spacial score (nSPS) is 28.2. The topological polar surface area (TPSA) is 111 Å². The summed E-state index contributed by atoms with van der Waals surface area (Å²) in [4.78, 5) is 35.1. The second kappa shape index (κ2) is 4.11. The summed E-state index contributed by atoms with van der Waals surface area (Å²) < 4.78 is 0. The minimum absolute atomic E-state index is 0.349. The summed E-state index contributed by atoms with van der Waals surface area (Å²) in [7, 11) is 0. The van der Waals surface area contributed by atoms with Crippen LogP contribution in [0.15, 0.2) is 0 Å². The Morgan fingerprint density at radius 1 is 1.41 bits per heavy atom. The number of aliphatic carboxylic acids is 1. The molecule has 8 nitrogen and oxygen atoms in total. The van der Waals surface area contributed by atoms with E-state index in [1.165, 1.54) is 4.90 Å². The molecule has 3 atom stereocenters. The highest BCUT2D eigenvalue weighted by molar-refractivity contribution is 5.88. The van der Waals surface area contributed by atoms with E-state index in [0.717, 1.165) is 0 Å². The molecule has 0 bridgehead atoms. The summed E-state index contributed by atoms with van der Waals surface area (Å²) in [5.74, 6) is -1.07. The monoisotopic (exact) mass is 242 g/mol. The van der Waals surface area contributed by atoms with E-state index >= 15 is 0 Å². The van der Waals surface area contributed by atoms with Crippen LogP contribution < -0.4 is 16.0 Å². The number of amides is 4. The number of carboxylic acid groups (broad SMARTS) is 1. The maximum absolute atomic E-state index is 11.7. The fourth-order valence-corrected chi connectivity index (χ4v) is 2.15. The summed E-state index contributed by atoms with van der Waals surface area (Å²) in [6, 6.07) is -1.81. The van der Waals surface area contributed by atoms with Gasteiger partial charge in [0, 0.05) is 0 Å². The third-order valence-corrected chi connectivity index (χ3v) is 2.88. The lowest BCUT2D eigenvalue weighted by atomic mass is 10.1. The number of carboxylic acids is 1. The molecule has 0 aromatic heterocycles. The van der Waals surface area contributed by atoms with Gasteiger partial charge in [0.2, 0.25) is 0 Å². The smallest absolute Gasteiger partial charge is 0.326 e. The van der Waals surface area contributed by atoms with Crippen molar-refractivity contribution < 1.29 is 19.5 Å². The van der Waals surface area contributed by atoms with E-state index < -0.39 is 36.4 Å². The fraction of sp³-hybridized carbons (Fsp3) is 0.667. The second-order valence-corrected chi connectivity index (χ2v) is 4.04. The first-order chi connectivity index (χ1) is 8.04. The van der Waals surface area contributed by atoms with Gasteiger partial charge in [-0.15, -0.1) is 0 Å². The van der Waals surface area contributed by atoms with Crippen LogP contribution in [0.25, 0.3) is 0 Å². The van der Waals surface area contributed by atoms with E-state index in [9.17, 15) is 14.4 Å². The molecule has 2 saturated heterocycles. The maximum atomic E-state index is 11.7. The number of urea groups is 2. The number of nitrogens with zero attached hydrogens (tertiary/aromatic N) is 1. The number of carbonyl (C=O) groups excluding carboxylic acids is 2. The van der Waals surface area contributed by atoms with E-state index in [-0.39, 0.29) is 0 Å². The molecule has 4 N–H and O–H groups in total. The van der Waals surface area contributed by atoms with Gasteiger partial charge in [0.25, 0.3) is 0 Å². The molecule has 0 saturated carbocycles. The quantitative estimate of drug-likeness (QED) is 0.518. The number of rotatable bonds is 4. The second-order valence-electron chi connectivity index (χ2n) is 4.04. The molecule has 17 heavy (non-hydrogen) atoms. The lowest BCUT2D eigenvalue weighted by Gasteiger charge is -2.27. The van der Waals surface area contributed by atoms with E-state index in [0.29, 0.717) is 12.8 Å². The molecule has 94 valence electrons. The molecule has 2 heterocycles. The van der Waals surface area contributed by atoms with Crippen molar-refractivity contribution in [2.45, 2.75) is 38.1 Å². The van der Waals surface area contributed by atoms with Gasteiger partial charge in [-0.3, -0.25) is 4.90 Å². The van der Waals surface area contributed by atoms with Gasteiger partial charge in [0.1, 0.15) is 18.4 Å². The Bertz CT molecular complexity index is 372. The molecule has 4 amide bonds. The minimum atomic E-state index is -1.07. The van der Waals surface area contributed by atoms with Crippen LogP contribution in [-0.4, -0.2) is 46.4 Å². The Labute approximate surface area is 97.3 Å². The standard InChI is InChI=1S/C9H14N4O4/c1-2-3-4(7(14)15)13-6-5(11-9(13)17)10-8(16)12-6/h4-6H,2-3H2,1H3,(H,11,17)(H,14,15)(H2,10,12,16)/t4-,5-,6-/m0/s1. The van der Waals surface area contributed by atoms with Crippen molar-refractivity contribution in [1.29, 1.82) is 0 Å². The van der Waals surface area contributed by atoms with Crippen LogP contribution in [0.2, 0.25) is 0 Å². The summed E-state index contributed by atoms with van der Waals surface area (Å²) in [5.41, 5.74) is 0. The van der Waals surface area contributed by atoms with Crippen molar-refractivity contribution in [2.75, 3.05) is 0 Å². The molecule has 0 unspecified atom stereocenters. The molecular formula is C9H14N4O4. The largest absolute Gasteiger partial charge is 0.480 e. The van der Waals surface area contributed by atoms with Gasteiger partial charge < -0.3 is 21.1 Å². The number of fused-ring (bicyclic) bond motifs is 1. The predicted octanol–water partition coefficient (Wildman–Crippen LogP) is -0.770. The first-order valence-electron chi connectivity index (χ1n) is 5.43. The fourth-order valence-electron chi connectivity index (χ4n) is 2.15. The van der Waals surface area contributed by atoms with Crippen LogP contribution in [0.1, 0.15) is 19.8 Å². The van der Waals surface area contributed by atoms with Gasteiger partial charge in [0.05, 0.1) is 0 Å². The molecule has 0 aromatic rings. The Kier molecular flexibility index (Phi) is 2.78. The predicted molar refractivity (Wildman–Crippen MR) is 55.9 cm³/mol. The first-order valence-corrected chi connectivity index (χ1v) is 5.43. The van der Waals surface area contributed by atoms with Crippen molar-refractivity contribution in [1.82, 2.24) is 20.9 Å². The SMILES string of the molecule is CCC[C@@H](C(=O)O)N1C(=O)N[C@@H]2NC(=O)N[C@H]21. The molecule has 2 fully saturated rings. The number of carbonyl (C=O) groups is 3. The molecular weight excluding hydrogens is 228 g/mol. The molecule has 8 heteroatoms. The van der Waals surface area contributed by atoms with Gasteiger partial charge >= 0.3 is 18.0 Å². The molecule has 0 spiro atoms. The van der Waals surface area contributed by atoms with Gasteiger partial charge in [0.15, 0.2) is 0 Å². The third kappa shape index (κ3) is 1.85. The van der Waals surface area contributed by atoms with Gasteiger partial charge in [-0.2, -0.15) is 0 Å². The van der Waals surface area contributed by atoms with E-state index in [1.807, 2.05) is 6.92 Å². The van der Waals surface area contributed by atoms with Crippen molar-refractivity contribution >= 4 is 18.0 Å². The third-order valence-electron chi connectivity index (χ3n) is 2.88. The lowest BCUT2D eigenvalue weighted by molar-refractivity contribution is -0.143. The van der Waals surface area contributed by atoms with Crippen LogP contribution in [0.4, 0.5) is 9.59 Å². The number of nitrogens with one attached hydrogen (secondary N) is 3. The zero-order chi connectivity index (χ0) is 12.6. The zero-order valence-corrected chi connectivity index (χ0v) is 9.27. The Balaban J connectivity index is 2.20. The van der Waals surface area contributed by atoms with Crippen LogP contribution >= 0.6 is 0 Å². The molecule has 2 aliphatic heterocycles. The summed E-state index contributed by atoms with van der Waals surface area (Å²) in [6.07, 6.45) is -0.210. The lowest BCUT2D eigenvalue weighted by Crippen LogP contribution is -2.52. The minimum Gasteiger partial charge on any atom is -0.480 e. The Morgan fingerprint density at radius 2 is 2.12 bits per heavy atom. The van der Waals surface area contributed by atoms with Crippen LogP contribution in [0.5, 0.6) is 0 Å². The summed E-state index contributed by atoms with van der Waals surface area (Å²) >= 11 is 0. The van der Waals surface area contributed by atoms with Crippen molar-refractivity contribution in [3.8, 4) is 0 Å². The number of hydrogen-bond acceptors (Lipinski definition) is 3. The maximum Gasteiger partial charge on any atom is 0.326 e. The molecule has 0 radical (unpaired) electrons. The first kappa shape index (κ1) is 11.5. The van der Waals surface area contributed by atoms with E-state index in [2.05, 4.69) is 16.0 Å². The van der Waals surface area contributed by atoms with Crippen LogP contribution in [-0.2, 0) is 4.79 Å². The van der Waals surface area contributed by atoms with Gasteiger partial charge in [-0.1, -0.05) is 13.3 Å². The zero-order valence-electron chi connectivity index (χ0n) is 9.27. The average molecular weight is 242 g/mol. The molecule has 2 aliphatic rings. The molecule has 0 aliphatic carbocycles. The van der Waals surface area contributed by atoms with E-state index in [1.54, 1.807) is 0 Å². The average Bonchev–Trinajstić information content (AvgIpc) is 2.70. The molecule has 2 rings (SSSR count). The Hall–Kier alpha value is -1.99. The molecule has 0 aromatic carbocycles. The van der Waals surface area contributed by atoms with Crippen LogP contribution in [0.3, 0.4) is 0 Å². The van der Waals surface area contributed by atoms with E-state index in [4.69, 9.17) is 5.11 Å². The van der Waals surface area contributed by atoms with Crippen molar-refractivity contribution in [3.05, 3.63) is 0 Å². The van der Waals surface area contributed by atoms with Gasteiger partial charge in [-0.05, 0) is 6.42 Å². The van der Waals surface area contributed by atoms with Crippen molar-refractivity contribution in [2.24, 2.45) is 0 Å². The summed E-state index contributed by atoms with van der Waals surface area (Å²) in [5, 5.41) is 16.6. The highest BCUT2D eigenvalue weighted by Crippen LogP contribution is 2.20. The summed E-state index contributed by atoms with van der Waals surface area (Å²) in [6.45, 7) is 1.84. The highest BCUT2D eigenvalue weighted by atomic mass is 16.4. The van der Waals surface area contributed by atoms with Crippen LogP contribution in [0, 0.1) is 0 Å².